The zero-order chi connectivity index (χ0) is 12.7. The maximum Gasteiger partial charge on any atom is 0.314 e. The van der Waals surface area contributed by atoms with Gasteiger partial charge in [0.25, 0.3) is 0 Å². The van der Waals surface area contributed by atoms with Crippen LogP contribution in [0, 0.1) is 18.8 Å². The number of esters is 1. The molecule has 0 bridgehead atoms. The van der Waals surface area contributed by atoms with Crippen LogP contribution in [0.15, 0.2) is 18.2 Å². The second-order valence-electron chi connectivity index (χ2n) is 5.76. The molecule has 3 unspecified atom stereocenters. The van der Waals surface area contributed by atoms with Crippen molar-refractivity contribution in [3.05, 3.63) is 29.3 Å². The summed E-state index contributed by atoms with van der Waals surface area (Å²) in [7, 11) is 0. The molecule has 0 radical (unpaired) electrons. The Morgan fingerprint density at radius 1 is 1.28 bits per heavy atom. The van der Waals surface area contributed by atoms with E-state index in [0.717, 1.165) is 24.2 Å². The number of benzene rings is 1. The van der Waals surface area contributed by atoms with Gasteiger partial charge in [-0.3, -0.25) is 4.79 Å². The number of fused-ring (bicyclic) bond motifs is 3. The molecule has 0 N–H and O–H groups in total. The van der Waals surface area contributed by atoms with Crippen molar-refractivity contribution in [3.8, 4) is 5.75 Å². The molecule has 1 fully saturated rings. The molecule has 1 aromatic rings. The first-order chi connectivity index (χ1) is 8.69. The lowest BCUT2D eigenvalue weighted by Gasteiger charge is -2.38. The van der Waals surface area contributed by atoms with Gasteiger partial charge >= 0.3 is 5.97 Å². The van der Waals surface area contributed by atoms with E-state index in [1.165, 1.54) is 18.4 Å². The third-order valence-electron chi connectivity index (χ3n) is 4.62. The molecule has 96 valence electrons. The van der Waals surface area contributed by atoms with Gasteiger partial charge in [-0.15, -0.1) is 0 Å². The minimum absolute atomic E-state index is 0.00347. The Bertz CT molecular complexity index is 478. The van der Waals surface area contributed by atoms with Gasteiger partial charge in [0.1, 0.15) is 5.75 Å². The van der Waals surface area contributed by atoms with E-state index in [1.807, 2.05) is 13.0 Å². The molecular formula is C16H20O2. The van der Waals surface area contributed by atoms with Crippen LogP contribution in [0.2, 0.25) is 0 Å². The molecule has 1 aliphatic carbocycles. The van der Waals surface area contributed by atoms with Crippen molar-refractivity contribution < 1.29 is 9.53 Å². The van der Waals surface area contributed by atoms with Crippen LogP contribution in [-0.2, 0) is 4.79 Å². The lowest BCUT2D eigenvalue weighted by atomic mass is 9.69. The summed E-state index contributed by atoms with van der Waals surface area (Å²) in [4.78, 5) is 12.1. The highest BCUT2D eigenvalue weighted by Gasteiger charge is 2.41. The molecule has 0 saturated heterocycles. The second-order valence-corrected chi connectivity index (χ2v) is 5.76. The predicted molar refractivity (Wildman–Crippen MR) is 70.7 cm³/mol. The Morgan fingerprint density at radius 2 is 2.11 bits per heavy atom. The molecule has 1 aliphatic heterocycles. The van der Waals surface area contributed by atoms with Crippen molar-refractivity contribution in [2.45, 2.75) is 45.4 Å². The molecule has 2 nitrogen and oxygen atoms in total. The third kappa shape index (κ3) is 1.84. The summed E-state index contributed by atoms with van der Waals surface area (Å²) >= 11 is 0. The molecule has 0 aromatic heterocycles. The summed E-state index contributed by atoms with van der Waals surface area (Å²) in [6, 6.07) is 6.28. The number of aryl methyl sites for hydroxylation is 1. The SMILES string of the molecule is CCC1CCC2c3ccc(C)cc3OC(=O)C2C1. The van der Waals surface area contributed by atoms with E-state index >= 15 is 0 Å². The lowest BCUT2D eigenvalue weighted by Crippen LogP contribution is -2.36. The summed E-state index contributed by atoms with van der Waals surface area (Å²) in [6.45, 7) is 4.25. The maximum atomic E-state index is 12.1. The summed E-state index contributed by atoms with van der Waals surface area (Å²) in [5.74, 6) is 1.99. The maximum absolute atomic E-state index is 12.1. The third-order valence-corrected chi connectivity index (χ3v) is 4.62. The number of carbonyl (C=O) groups excluding carboxylic acids is 1. The lowest BCUT2D eigenvalue weighted by molar-refractivity contribution is -0.143. The smallest absolute Gasteiger partial charge is 0.314 e. The molecule has 3 rings (SSSR count). The largest absolute Gasteiger partial charge is 0.426 e. The van der Waals surface area contributed by atoms with Crippen molar-refractivity contribution >= 4 is 5.97 Å². The molecule has 1 saturated carbocycles. The Labute approximate surface area is 108 Å². The summed E-state index contributed by atoms with van der Waals surface area (Å²) in [5, 5.41) is 0. The number of hydrogen-bond acceptors (Lipinski definition) is 2. The molecule has 0 amide bonds. The molecule has 18 heavy (non-hydrogen) atoms. The summed E-state index contributed by atoms with van der Waals surface area (Å²) < 4.78 is 5.54. The van der Waals surface area contributed by atoms with E-state index in [1.54, 1.807) is 0 Å². The van der Waals surface area contributed by atoms with Crippen molar-refractivity contribution in [2.24, 2.45) is 11.8 Å². The normalized spacial score (nSPS) is 30.3. The minimum Gasteiger partial charge on any atom is -0.426 e. The van der Waals surface area contributed by atoms with Crippen molar-refractivity contribution in [2.75, 3.05) is 0 Å². The molecular weight excluding hydrogens is 224 g/mol. The first-order valence-corrected chi connectivity index (χ1v) is 7.01. The average molecular weight is 244 g/mol. The van der Waals surface area contributed by atoms with Crippen LogP contribution in [0.25, 0.3) is 0 Å². The van der Waals surface area contributed by atoms with Crippen LogP contribution in [0.3, 0.4) is 0 Å². The van der Waals surface area contributed by atoms with Gasteiger partial charge in [0, 0.05) is 5.92 Å². The monoisotopic (exact) mass is 244 g/mol. The molecule has 0 spiro atoms. The first kappa shape index (κ1) is 11.8. The Balaban J connectivity index is 1.95. The Kier molecular flexibility index (Phi) is 2.89. The van der Waals surface area contributed by atoms with Crippen LogP contribution in [0.4, 0.5) is 0 Å². The van der Waals surface area contributed by atoms with E-state index in [-0.39, 0.29) is 11.9 Å². The standard InChI is InChI=1S/C16H20O2/c1-3-11-5-7-12-13-6-4-10(2)8-15(13)18-16(17)14(12)9-11/h4,6,8,11-12,14H,3,5,7,9H2,1-2H3. The molecule has 2 aliphatic rings. The van der Waals surface area contributed by atoms with E-state index in [2.05, 4.69) is 19.1 Å². The van der Waals surface area contributed by atoms with E-state index in [4.69, 9.17) is 4.74 Å². The van der Waals surface area contributed by atoms with Crippen LogP contribution in [0.5, 0.6) is 5.75 Å². The number of hydrogen-bond donors (Lipinski definition) is 0. The van der Waals surface area contributed by atoms with Crippen molar-refractivity contribution in [1.82, 2.24) is 0 Å². The van der Waals surface area contributed by atoms with Gasteiger partial charge in [0.15, 0.2) is 0 Å². The second kappa shape index (κ2) is 4.42. The van der Waals surface area contributed by atoms with Gasteiger partial charge in [-0.1, -0.05) is 25.5 Å². The van der Waals surface area contributed by atoms with Gasteiger partial charge in [0.2, 0.25) is 0 Å². The molecule has 1 heterocycles. The fourth-order valence-corrected chi connectivity index (χ4v) is 3.48. The quantitative estimate of drug-likeness (QED) is 0.554. The van der Waals surface area contributed by atoms with Gasteiger partial charge < -0.3 is 4.74 Å². The molecule has 1 aromatic carbocycles. The van der Waals surface area contributed by atoms with Crippen LogP contribution in [-0.4, -0.2) is 5.97 Å². The van der Waals surface area contributed by atoms with Gasteiger partial charge in [-0.05, 0) is 49.3 Å². The predicted octanol–water partition coefficient (Wildman–Crippen LogP) is 3.82. The molecule has 2 heteroatoms. The van der Waals surface area contributed by atoms with Gasteiger partial charge in [-0.2, -0.15) is 0 Å². The van der Waals surface area contributed by atoms with E-state index < -0.39 is 0 Å². The fraction of sp³-hybridized carbons (Fsp3) is 0.562. The summed E-state index contributed by atoms with van der Waals surface area (Å²) in [6.07, 6.45) is 4.57. The van der Waals surface area contributed by atoms with Crippen molar-refractivity contribution in [1.29, 1.82) is 0 Å². The van der Waals surface area contributed by atoms with E-state index in [9.17, 15) is 4.79 Å². The number of carbonyl (C=O) groups is 1. The number of ether oxygens (including phenoxy) is 1. The zero-order valence-electron chi connectivity index (χ0n) is 11.1. The fourth-order valence-electron chi connectivity index (χ4n) is 3.48. The van der Waals surface area contributed by atoms with Gasteiger partial charge in [0.05, 0.1) is 5.92 Å². The van der Waals surface area contributed by atoms with Crippen LogP contribution in [0.1, 0.15) is 49.7 Å². The number of rotatable bonds is 1. The van der Waals surface area contributed by atoms with Crippen molar-refractivity contribution in [3.63, 3.8) is 0 Å². The Morgan fingerprint density at radius 3 is 2.89 bits per heavy atom. The molecule has 3 atom stereocenters. The highest BCUT2D eigenvalue weighted by molar-refractivity contribution is 5.79. The zero-order valence-corrected chi connectivity index (χ0v) is 11.1. The van der Waals surface area contributed by atoms with E-state index in [0.29, 0.717) is 11.8 Å². The van der Waals surface area contributed by atoms with Crippen LogP contribution >= 0.6 is 0 Å². The summed E-state index contributed by atoms with van der Waals surface area (Å²) in [5.41, 5.74) is 2.40. The average Bonchev–Trinajstić information content (AvgIpc) is 2.38. The minimum atomic E-state index is -0.00347. The highest BCUT2D eigenvalue weighted by atomic mass is 16.5. The Hall–Kier alpha value is -1.31. The van der Waals surface area contributed by atoms with Gasteiger partial charge in [-0.25, -0.2) is 0 Å². The van der Waals surface area contributed by atoms with Crippen LogP contribution < -0.4 is 4.74 Å². The highest BCUT2D eigenvalue weighted by Crippen LogP contribution is 2.47. The first-order valence-electron chi connectivity index (χ1n) is 7.01. The topological polar surface area (TPSA) is 26.3 Å².